The van der Waals surface area contributed by atoms with E-state index in [9.17, 15) is 8.42 Å². The van der Waals surface area contributed by atoms with Crippen LogP contribution in [0.25, 0.3) is 0 Å². The van der Waals surface area contributed by atoms with Crippen LogP contribution in [0.15, 0.2) is 29.3 Å². The Morgan fingerprint density at radius 1 is 1.15 bits per heavy atom. The lowest BCUT2D eigenvalue weighted by molar-refractivity contribution is 0.221. The normalized spacial score (nSPS) is 22.9. The van der Waals surface area contributed by atoms with Gasteiger partial charge in [0.05, 0.1) is 11.5 Å². The van der Waals surface area contributed by atoms with Crippen LogP contribution < -0.4 is 10.6 Å². The van der Waals surface area contributed by atoms with Crippen molar-refractivity contribution >= 4 is 39.8 Å². The first-order valence-corrected chi connectivity index (χ1v) is 11.3. The van der Waals surface area contributed by atoms with Gasteiger partial charge in [0.1, 0.15) is 0 Å². The highest BCUT2D eigenvalue weighted by Gasteiger charge is 2.28. The first-order chi connectivity index (χ1) is 12.5. The number of nitrogens with zero attached hydrogens (tertiary/aromatic N) is 2. The van der Waals surface area contributed by atoms with E-state index in [2.05, 4.69) is 44.8 Å². The van der Waals surface area contributed by atoms with E-state index in [0.29, 0.717) is 18.9 Å². The second-order valence-electron chi connectivity index (χ2n) is 7.32. The number of guanidine groups is 1. The molecular weight excluding hydrogens is 475 g/mol. The highest BCUT2D eigenvalue weighted by atomic mass is 127. The average molecular weight is 506 g/mol. The topological polar surface area (TPSA) is 73.8 Å². The third-order valence-corrected chi connectivity index (χ3v) is 6.90. The third-order valence-electron chi connectivity index (χ3n) is 5.13. The molecule has 2 aliphatic rings. The van der Waals surface area contributed by atoms with E-state index in [1.165, 1.54) is 43.5 Å². The fourth-order valence-corrected chi connectivity index (χ4v) is 5.29. The summed E-state index contributed by atoms with van der Waals surface area (Å²) in [5, 5.41) is 6.48. The first-order valence-electron chi connectivity index (χ1n) is 9.52. The fraction of sp³-hybridized carbons (Fsp3) is 0.632. The third kappa shape index (κ3) is 7.23. The molecule has 6 nitrogen and oxygen atoms in total. The molecule has 1 unspecified atom stereocenters. The van der Waals surface area contributed by atoms with Crippen molar-refractivity contribution in [1.29, 1.82) is 0 Å². The molecule has 1 atom stereocenters. The Balaban J connectivity index is 0.00000261. The lowest BCUT2D eigenvalue weighted by Gasteiger charge is -2.26. The molecule has 8 heteroatoms. The lowest BCUT2D eigenvalue weighted by Crippen LogP contribution is -2.43. The molecule has 0 radical (unpaired) electrons. The highest BCUT2D eigenvalue weighted by Crippen LogP contribution is 2.14. The molecule has 1 aromatic rings. The fourth-order valence-electron chi connectivity index (χ4n) is 3.62. The van der Waals surface area contributed by atoms with Crippen molar-refractivity contribution in [3.05, 3.63) is 35.4 Å². The second-order valence-corrected chi connectivity index (χ2v) is 9.55. The quantitative estimate of drug-likeness (QED) is 0.364. The summed E-state index contributed by atoms with van der Waals surface area (Å²) in [6.45, 7) is 4.13. The van der Waals surface area contributed by atoms with Gasteiger partial charge in [0, 0.05) is 26.2 Å². The second kappa shape index (κ2) is 10.6. The number of rotatable bonds is 5. The van der Waals surface area contributed by atoms with Gasteiger partial charge in [-0.1, -0.05) is 30.7 Å². The smallest absolute Gasteiger partial charge is 0.191 e. The largest absolute Gasteiger partial charge is 0.353 e. The summed E-state index contributed by atoms with van der Waals surface area (Å²) in [7, 11) is -1.17. The summed E-state index contributed by atoms with van der Waals surface area (Å²) in [5.41, 5.74) is 2.55. The molecule has 152 valence electrons. The van der Waals surface area contributed by atoms with Crippen LogP contribution in [-0.4, -0.2) is 57.0 Å². The van der Waals surface area contributed by atoms with E-state index < -0.39 is 9.84 Å². The summed E-state index contributed by atoms with van der Waals surface area (Å²) in [6.07, 6.45) is 4.64. The van der Waals surface area contributed by atoms with Crippen LogP contribution in [0.1, 0.15) is 36.8 Å². The zero-order valence-electron chi connectivity index (χ0n) is 16.0. The Bertz CT molecular complexity index is 716. The van der Waals surface area contributed by atoms with Crippen molar-refractivity contribution in [2.75, 3.05) is 31.6 Å². The number of nitrogens with one attached hydrogen (secondary N) is 2. The summed E-state index contributed by atoms with van der Waals surface area (Å²) in [6, 6.07) is 8.66. The standard InChI is InChI=1S/C19H30N4O2S.HI/c1-20-19(22-18-9-12-26(24,25)15-18)21-13-16-5-7-17(8-6-16)14-23-10-3-2-4-11-23;/h5-8,18H,2-4,9-15H2,1H3,(H2,20,21,22);1H. The minimum Gasteiger partial charge on any atom is -0.353 e. The Hall–Kier alpha value is -0.870. The van der Waals surface area contributed by atoms with Crippen LogP contribution in [0.5, 0.6) is 0 Å². The van der Waals surface area contributed by atoms with Crippen LogP contribution in [0.4, 0.5) is 0 Å². The monoisotopic (exact) mass is 506 g/mol. The molecule has 3 rings (SSSR count). The van der Waals surface area contributed by atoms with Gasteiger partial charge in [-0.3, -0.25) is 9.89 Å². The SMILES string of the molecule is CN=C(NCc1ccc(CN2CCCCC2)cc1)NC1CCS(=O)(=O)C1.I. The lowest BCUT2D eigenvalue weighted by atomic mass is 10.1. The highest BCUT2D eigenvalue weighted by molar-refractivity contribution is 14.0. The minimum atomic E-state index is -2.88. The van der Waals surface area contributed by atoms with Gasteiger partial charge in [-0.15, -0.1) is 24.0 Å². The van der Waals surface area contributed by atoms with Gasteiger partial charge in [0.15, 0.2) is 15.8 Å². The molecule has 1 aromatic carbocycles. The van der Waals surface area contributed by atoms with Gasteiger partial charge < -0.3 is 10.6 Å². The van der Waals surface area contributed by atoms with Gasteiger partial charge in [0.25, 0.3) is 0 Å². The van der Waals surface area contributed by atoms with Gasteiger partial charge in [-0.25, -0.2) is 8.42 Å². The van der Waals surface area contributed by atoms with E-state index in [1.54, 1.807) is 7.05 Å². The van der Waals surface area contributed by atoms with E-state index >= 15 is 0 Å². The van der Waals surface area contributed by atoms with Crippen LogP contribution >= 0.6 is 24.0 Å². The number of hydrogen-bond donors (Lipinski definition) is 2. The molecule has 2 fully saturated rings. The van der Waals surface area contributed by atoms with Crippen molar-refractivity contribution in [2.45, 2.75) is 44.8 Å². The summed E-state index contributed by atoms with van der Waals surface area (Å²) in [5.74, 6) is 1.11. The molecule has 0 aliphatic carbocycles. The van der Waals surface area contributed by atoms with Crippen LogP contribution in [0, 0.1) is 0 Å². The average Bonchev–Trinajstić information content (AvgIpc) is 2.99. The molecule has 27 heavy (non-hydrogen) atoms. The zero-order valence-corrected chi connectivity index (χ0v) is 19.1. The maximum Gasteiger partial charge on any atom is 0.191 e. The number of halogens is 1. The minimum absolute atomic E-state index is 0. The van der Waals surface area contributed by atoms with Crippen LogP contribution in [0.2, 0.25) is 0 Å². The van der Waals surface area contributed by atoms with E-state index in [4.69, 9.17) is 0 Å². The van der Waals surface area contributed by atoms with Crippen molar-refractivity contribution in [3.8, 4) is 0 Å². The molecule has 2 heterocycles. The Labute approximate surface area is 180 Å². The predicted octanol–water partition coefficient (Wildman–Crippen LogP) is 2.14. The maximum atomic E-state index is 11.6. The Morgan fingerprint density at radius 2 is 1.81 bits per heavy atom. The van der Waals surface area contributed by atoms with E-state index in [1.807, 2.05) is 0 Å². The maximum absolute atomic E-state index is 11.6. The van der Waals surface area contributed by atoms with E-state index in [-0.39, 0.29) is 41.5 Å². The predicted molar refractivity (Wildman–Crippen MR) is 121 cm³/mol. The molecule has 0 saturated carbocycles. The number of hydrogen-bond acceptors (Lipinski definition) is 4. The number of aliphatic imine (C=N–C) groups is 1. The zero-order chi connectivity index (χ0) is 18.4. The van der Waals surface area contributed by atoms with Crippen molar-refractivity contribution in [2.24, 2.45) is 4.99 Å². The molecule has 2 N–H and O–H groups in total. The van der Waals surface area contributed by atoms with Gasteiger partial charge >= 0.3 is 0 Å². The summed E-state index contributed by atoms with van der Waals surface area (Å²) >= 11 is 0. The number of benzene rings is 1. The molecule has 0 spiro atoms. The van der Waals surface area contributed by atoms with E-state index in [0.717, 1.165) is 6.54 Å². The number of sulfone groups is 1. The summed E-state index contributed by atoms with van der Waals surface area (Å²) < 4.78 is 23.1. The van der Waals surface area contributed by atoms with Crippen molar-refractivity contribution < 1.29 is 8.42 Å². The van der Waals surface area contributed by atoms with Gasteiger partial charge in [-0.2, -0.15) is 0 Å². The van der Waals surface area contributed by atoms with Crippen LogP contribution in [0.3, 0.4) is 0 Å². The Kier molecular flexibility index (Phi) is 8.81. The summed E-state index contributed by atoms with van der Waals surface area (Å²) in [4.78, 5) is 6.73. The molecular formula is C19H31IN4O2S. The molecule has 0 aromatic heterocycles. The van der Waals surface area contributed by atoms with Crippen molar-refractivity contribution in [1.82, 2.24) is 15.5 Å². The van der Waals surface area contributed by atoms with Gasteiger partial charge in [-0.05, 0) is 43.5 Å². The molecule has 0 amide bonds. The number of likely N-dealkylation sites (tertiary alicyclic amines) is 1. The molecule has 2 saturated heterocycles. The Morgan fingerprint density at radius 3 is 2.41 bits per heavy atom. The van der Waals surface area contributed by atoms with Crippen LogP contribution in [-0.2, 0) is 22.9 Å². The molecule has 0 bridgehead atoms. The van der Waals surface area contributed by atoms with Crippen molar-refractivity contribution in [3.63, 3.8) is 0 Å². The van der Waals surface area contributed by atoms with Gasteiger partial charge in [0.2, 0.25) is 0 Å². The first kappa shape index (κ1) is 22.4. The number of piperidine rings is 1. The molecule has 2 aliphatic heterocycles.